The van der Waals surface area contributed by atoms with Crippen molar-refractivity contribution in [1.29, 1.82) is 0 Å². The summed E-state index contributed by atoms with van der Waals surface area (Å²) in [4.78, 5) is 13.7. The fourth-order valence-electron chi connectivity index (χ4n) is 2.88. The highest BCUT2D eigenvalue weighted by Gasteiger charge is 2.30. The Morgan fingerprint density at radius 3 is 2.85 bits per heavy atom. The Morgan fingerprint density at radius 2 is 2.05 bits per heavy atom. The van der Waals surface area contributed by atoms with Gasteiger partial charge >= 0.3 is 0 Å². The molecule has 2 heterocycles. The number of benzene rings is 1. The Bertz CT molecular complexity index is 506. The molecule has 2 aliphatic heterocycles. The van der Waals surface area contributed by atoms with Crippen molar-refractivity contribution in [2.24, 2.45) is 0 Å². The van der Waals surface area contributed by atoms with Crippen LogP contribution in [0.1, 0.15) is 30.9 Å². The molecule has 0 bridgehead atoms. The first-order valence-electron chi connectivity index (χ1n) is 7.04. The second kappa shape index (κ2) is 5.92. The molecule has 1 aromatic carbocycles. The van der Waals surface area contributed by atoms with Crippen LogP contribution in [-0.2, 0) is 4.79 Å². The number of alkyl halides is 1. The molecule has 0 N–H and O–H groups in total. The van der Waals surface area contributed by atoms with Gasteiger partial charge in [0, 0.05) is 13.0 Å². The van der Waals surface area contributed by atoms with Crippen LogP contribution in [-0.4, -0.2) is 36.4 Å². The number of nitrogens with zero attached hydrogens (tertiary/aromatic N) is 1. The van der Waals surface area contributed by atoms with Gasteiger partial charge in [-0.05, 0) is 30.5 Å². The standard InChI is InChI=1S/C15H18ClNO3/c16-10-15(18)17-6-1-3-12(17)11-4-5-13-14(9-11)20-8-2-7-19-13/h4-5,9,12H,1-3,6-8,10H2/t12-/m0/s1. The Hall–Kier alpha value is -1.42. The third kappa shape index (κ3) is 2.57. The van der Waals surface area contributed by atoms with Gasteiger partial charge in [-0.2, -0.15) is 0 Å². The van der Waals surface area contributed by atoms with E-state index in [-0.39, 0.29) is 17.8 Å². The smallest absolute Gasteiger partial charge is 0.238 e. The van der Waals surface area contributed by atoms with Crippen molar-refractivity contribution in [3.8, 4) is 11.5 Å². The van der Waals surface area contributed by atoms with Gasteiger partial charge in [0.2, 0.25) is 5.91 Å². The van der Waals surface area contributed by atoms with E-state index < -0.39 is 0 Å². The van der Waals surface area contributed by atoms with Gasteiger partial charge in [-0.25, -0.2) is 0 Å². The van der Waals surface area contributed by atoms with Crippen LogP contribution in [0.5, 0.6) is 11.5 Å². The number of amides is 1. The quantitative estimate of drug-likeness (QED) is 0.788. The van der Waals surface area contributed by atoms with Gasteiger partial charge < -0.3 is 14.4 Å². The highest BCUT2D eigenvalue weighted by molar-refractivity contribution is 6.27. The second-order valence-corrected chi connectivity index (χ2v) is 5.40. The summed E-state index contributed by atoms with van der Waals surface area (Å²) in [5.41, 5.74) is 1.10. The Balaban J connectivity index is 1.86. The first-order valence-corrected chi connectivity index (χ1v) is 7.58. The fraction of sp³-hybridized carbons (Fsp3) is 0.533. The lowest BCUT2D eigenvalue weighted by molar-refractivity contribution is -0.129. The summed E-state index contributed by atoms with van der Waals surface area (Å²) in [5, 5.41) is 0. The topological polar surface area (TPSA) is 38.8 Å². The maximum absolute atomic E-state index is 11.9. The largest absolute Gasteiger partial charge is 0.490 e. The summed E-state index contributed by atoms with van der Waals surface area (Å²) in [6.45, 7) is 2.14. The van der Waals surface area contributed by atoms with E-state index in [1.54, 1.807) is 0 Å². The van der Waals surface area contributed by atoms with E-state index in [1.165, 1.54) is 0 Å². The number of fused-ring (bicyclic) bond motifs is 1. The normalized spacial score (nSPS) is 21.6. The van der Waals surface area contributed by atoms with Crippen LogP contribution in [0.25, 0.3) is 0 Å². The van der Waals surface area contributed by atoms with E-state index in [4.69, 9.17) is 21.1 Å². The van der Waals surface area contributed by atoms with Crippen LogP contribution >= 0.6 is 11.6 Å². The third-order valence-electron chi connectivity index (χ3n) is 3.84. The molecular weight excluding hydrogens is 278 g/mol. The van der Waals surface area contributed by atoms with Gasteiger partial charge in [-0.1, -0.05) is 6.07 Å². The van der Waals surface area contributed by atoms with Crippen molar-refractivity contribution in [1.82, 2.24) is 4.90 Å². The Morgan fingerprint density at radius 1 is 1.25 bits per heavy atom. The molecule has 0 radical (unpaired) electrons. The zero-order valence-electron chi connectivity index (χ0n) is 11.3. The maximum atomic E-state index is 11.9. The molecule has 0 aliphatic carbocycles. The summed E-state index contributed by atoms with van der Waals surface area (Å²) >= 11 is 5.69. The molecule has 1 atom stereocenters. The van der Waals surface area contributed by atoms with E-state index in [0.29, 0.717) is 13.2 Å². The van der Waals surface area contributed by atoms with Crippen LogP contribution in [0.15, 0.2) is 18.2 Å². The van der Waals surface area contributed by atoms with Crippen molar-refractivity contribution in [2.75, 3.05) is 25.6 Å². The molecule has 4 nitrogen and oxygen atoms in total. The second-order valence-electron chi connectivity index (χ2n) is 5.14. The lowest BCUT2D eigenvalue weighted by atomic mass is 10.0. The zero-order chi connectivity index (χ0) is 13.9. The molecule has 1 fully saturated rings. The number of hydrogen-bond acceptors (Lipinski definition) is 3. The number of rotatable bonds is 2. The van der Waals surface area contributed by atoms with Gasteiger partial charge in [0.05, 0.1) is 19.3 Å². The highest BCUT2D eigenvalue weighted by atomic mass is 35.5. The number of carbonyl (C=O) groups is 1. The maximum Gasteiger partial charge on any atom is 0.238 e. The first-order chi connectivity index (χ1) is 9.79. The van der Waals surface area contributed by atoms with Crippen molar-refractivity contribution < 1.29 is 14.3 Å². The monoisotopic (exact) mass is 295 g/mol. The summed E-state index contributed by atoms with van der Waals surface area (Å²) < 4.78 is 11.4. The molecule has 1 aromatic rings. The van der Waals surface area contributed by atoms with Gasteiger partial charge in [0.1, 0.15) is 5.88 Å². The lowest BCUT2D eigenvalue weighted by Gasteiger charge is -2.25. The summed E-state index contributed by atoms with van der Waals surface area (Å²) in [7, 11) is 0. The van der Waals surface area contributed by atoms with Gasteiger partial charge in [-0.3, -0.25) is 4.79 Å². The van der Waals surface area contributed by atoms with Gasteiger partial charge in [0.25, 0.3) is 0 Å². The minimum Gasteiger partial charge on any atom is -0.490 e. The van der Waals surface area contributed by atoms with Crippen molar-refractivity contribution >= 4 is 17.5 Å². The number of ether oxygens (including phenoxy) is 2. The summed E-state index contributed by atoms with van der Waals surface area (Å²) in [5.74, 6) is 1.62. The molecule has 108 valence electrons. The number of hydrogen-bond donors (Lipinski definition) is 0. The lowest BCUT2D eigenvalue weighted by Crippen LogP contribution is -2.31. The minimum atomic E-state index is 0.00118. The molecule has 0 aromatic heterocycles. The summed E-state index contributed by atoms with van der Waals surface area (Å²) in [6, 6.07) is 6.08. The number of carbonyl (C=O) groups excluding carboxylic acids is 1. The van der Waals surface area contributed by atoms with Crippen LogP contribution in [0.4, 0.5) is 0 Å². The molecular formula is C15H18ClNO3. The Labute approximate surface area is 123 Å². The Kier molecular flexibility index (Phi) is 4.01. The highest BCUT2D eigenvalue weighted by Crippen LogP contribution is 2.37. The SMILES string of the molecule is O=C(CCl)N1CCC[C@H]1c1ccc2c(c1)OCCCO2. The fourth-order valence-corrected chi connectivity index (χ4v) is 3.03. The molecule has 5 heteroatoms. The van der Waals surface area contributed by atoms with Gasteiger partial charge in [0.15, 0.2) is 11.5 Å². The molecule has 1 amide bonds. The van der Waals surface area contributed by atoms with Crippen molar-refractivity contribution in [3.05, 3.63) is 23.8 Å². The number of likely N-dealkylation sites (tertiary alicyclic amines) is 1. The van der Waals surface area contributed by atoms with E-state index in [9.17, 15) is 4.79 Å². The molecule has 0 saturated carbocycles. The predicted octanol–water partition coefficient (Wildman–Crippen LogP) is 2.75. The summed E-state index contributed by atoms with van der Waals surface area (Å²) in [6.07, 6.45) is 2.88. The first kappa shape index (κ1) is 13.6. The van der Waals surface area contributed by atoms with E-state index in [2.05, 4.69) is 0 Å². The zero-order valence-corrected chi connectivity index (χ0v) is 12.1. The molecule has 0 spiro atoms. The van der Waals surface area contributed by atoms with E-state index in [1.807, 2.05) is 23.1 Å². The molecule has 1 saturated heterocycles. The van der Waals surface area contributed by atoms with E-state index in [0.717, 1.165) is 42.9 Å². The van der Waals surface area contributed by atoms with Crippen LogP contribution in [0.2, 0.25) is 0 Å². The van der Waals surface area contributed by atoms with Crippen molar-refractivity contribution in [2.45, 2.75) is 25.3 Å². The van der Waals surface area contributed by atoms with Crippen LogP contribution < -0.4 is 9.47 Å². The molecule has 20 heavy (non-hydrogen) atoms. The molecule has 0 unspecified atom stereocenters. The average molecular weight is 296 g/mol. The average Bonchev–Trinajstić information content (AvgIpc) is 2.85. The minimum absolute atomic E-state index is 0.00118. The number of halogens is 1. The predicted molar refractivity (Wildman–Crippen MR) is 76.5 cm³/mol. The van der Waals surface area contributed by atoms with Crippen LogP contribution in [0.3, 0.4) is 0 Å². The van der Waals surface area contributed by atoms with Gasteiger partial charge in [-0.15, -0.1) is 11.6 Å². The molecule has 3 rings (SSSR count). The van der Waals surface area contributed by atoms with E-state index >= 15 is 0 Å². The van der Waals surface area contributed by atoms with Crippen LogP contribution in [0, 0.1) is 0 Å². The van der Waals surface area contributed by atoms with Crippen molar-refractivity contribution in [3.63, 3.8) is 0 Å². The molecule has 2 aliphatic rings. The third-order valence-corrected chi connectivity index (χ3v) is 4.07.